The number of hydrogen-bond acceptors (Lipinski definition) is 5. The van der Waals surface area contributed by atoms with Gasteiger partial charge in [0.25, 0.3) is 0 Å². The van der Waals surface area contributed by atoms with Gasteiger partial charge in [0.1, 0.15) is 12.6 Å². The number of carbonyl (C=O) groups excluding carboxylic acids is 1. The van der Waals surface area contributed by atoms with E-state index in [0.29, 0.717) is 43.7 Å². The highest BCUT2D eigenvalue weighted by Crippen LogP contribution is 2.58. The van der Waals surface area contributed by atoms with E-state index in [1.165, 1.54) is 5.57 Å². The number of methoxy groups -OCH3 is 1. The van der Waals surface area contributed by atoms with Gasteiger partial charge >= 0.3 is 0 Å². The Balaban J connectivity index is 1.87. The van der Waals surface area contributed by atoms with E-state index in [1.807, 2.05) is 0 Å². The second kappa shape index (κ2) is 9.76. The third-order valence-electron chi connectivity index (χ3n) is 8.32. The van der Waals surface area contributed by atoms with E-state index in [9.17, 15) is 4.79 Å². The topological polar surface area (TPSA) is 54.0 Å². The molecule has 2 bridgehead atoms. The molecule has 3 aliphatic rings. The molecule has 0 saturated heterocycles. The minimum atomic E-state index is -1.96. The van der Waals surface area contributed by atoms with Crippen LogP contribution in [-0.2, 0) is 23.4 Å². The van der Waals surface area contributed by atoms with Crippen LogP contribution in [0.4, 0.5) is 0 Å². The molecule has 178 valence electrons. The molecule has 5 atom stereocenters. The zero-order chi connectivity index (χ0) is 22.9. The molecule has 0 amide bonds. The van der Waals surface area contributed by atoms with Crippen molar-refractivity contribution in [2.45, 2.75) is 96.6 Å². The van der Waals surface area contributed by atoms with Gasteiger partial charge in [-0.15, -0.1) is 0 Å². The summed E-state index contributed by atoms with van der Waals surface area (Å²) in [5.74, 6) is 1.22. The Morgan fingerprint density at radius 3 is 2.55 bits per heavy atom. The first-order valence-corrected chi connectivity index (χ1v) is 15.0. The van der Waals surface area contributed by atoms with Crippen molar-refractivity contribution in [3.8, 4) is 0 Å². The maximum Gasteiger partial charge on any atom is 0.192 e. The van der Waals surface area contributed by atoms with Crippen molar-refractivity contribution < 1.29 is 23.4 Å². The van der Waals surface area contributed by atoms with Gasteiger partial charge < -0.3 is 18.6 Å². The van der Waals surface area contributed by atoms with Crippen molar-refractivity contribution in [1.82, 2.24) is 0 Å². The largest absolute Gasteiger partial charge is 0.413 e. The Hall–Kier alpha value is -0.533. The number of fused-ring (bicyclic) bond motifs is 1. The van der Waals surface area contributed by atoms with Crippen LogP contribution in [0.25, 0.3) is 0 Å². The van der Waals surface area contributed by atoms with Gasteiger partial charge in [-0.3, -0.25) is 4.79 Å². The van der Waals surface area contributed by atoms with Crippen molar-refractivity contribution in [3.05, 3.63) is 11.6 Å². The highest BCUT2D eigenvalue weighted by molar-refractivity contribution is 6.74. The second-order valence-electron chi connectivity index (χ2n) is 11.5. The van der Waals surface area contributed by atoms with E-state index in [-0.39, 0.29) is 29.5 Å². The Bertz CT molecular complexity index is 667. The maximum atomic E-state index is 12.9. The molecule has 2 fully saturated rings. The number of rotatable bonds is 8. The van der Waals surface area contributed by atoms with Gasteiger partial charge in [0.05, 0.1) is 25.4 Å². The van der Waals surface area contributed by atoms with Crippen molar-refractivity contribution in [1.29, 1.82) is 0 Å². The van der Waals surface area contributed by atoms with Crippen LogP contribution in [0.15, 0.2) is 11.6 Å². The van der Waals surface area contributed by atoms with Crippen molar-refractivity contribution in [3.63, 3.8) is 0 Å². The van der Waals surface area contributed by atoms with Crippen molar-refractivity contribution in [2.24, 2.45) is 17.3 Å². The van der Waals surface area contributed by atoms with E-state index in [0.717, 1.165) is 25.7 Å². The molecule has 0 radical (unpaired) electrons. The Morgan fingerprint density at radius 1 is 1.16 bits per heavy atom. The van der Waals surface area contributed by atoms with Gasteiger partial charge in [0, 0.05) is 25.4 Å². The number of ether oxygens (including phenoxy) is 3. The monoisotopic (exact) mass is 452 g/mol. The maximum absolute atomic E-state index is 12.9. The smallest absolute Gasteiger partial charge is 0.192 e. The average Bonchev–Trinajstić information content (AvgIpc) is 2.74. The van der Waals surface area contributed by atoms with E-state index in [1.54, 1.807) is 7.11 Å². The lowest BCUT2D eigenvalue weighted by Crippen LogP contribution is -2.56. The minimum absolute atomic E-state index is 0.0339. The van der Waals surface area contributed by atoms with E-state index in [2.05, 4.69) is 46.9 Å². The van der Waals surface area contributed by atoms with Crippen molar-refractivity contribution in [2.75, 3.05) is 27.1 Å². The molecule has 0 unspecified atom stereocenters. The molecule has 2 saturated carbocycles. The van der Waals surface area contributed by atoms with E-state index in [4.69, 9.17) is 18.6 Å². The highest BCUT2D eigenvalue weighted by atomic mass is 28.4. The second-order valence-corrected chi connectivity index (χ2v) is 16.3. The zero-order valence-electron chi connectivity index (χ0n) is 20.8. The molecule has 0 aromatic rings. The highest BCUT2D eigenvalue weighted by Gasteiger charge is 2.56. The van der Waals surface area contributed by atoms with Gasteiger partial charge in [-0.25, -0.2) is 0 Å². The molecule has 0 aliphatic heterocycles. The molecule has 6 heteroatoms. The van der Waals surface area contributed by atoms with Gasteiger partial charge in [-0.05, 0) is 55.7 Å². The molecule has 3 rings (SSSR count). The molecule has 0 heterocycles. The summed E-state index contributed by atoms with van der Waals surface area (Å²) in [5.41, 5.74) is 1.25. The van der Waals surface area contributed by atoms with Crippen LogP contribution in [0.3, 0.4) is 0 Å². The van der Waals surface area contributed by atoms with Crippen LogP contribution < -0.4 is 0 Å². The fourth-order valence-corrected chi connectivity index (χ4v) is 6.94. The number of Topliss-reactive ketones (excluding diaryl/α,β-unsaturated/α-hetero) is 1. The van der Waals surface area contributed by atoms with E-state index < -0.39 is 8.32 Å². The zero-order valence-corrected chi connectivity index (χ0v) is 21.8. The predicted octanol–water partition coefficient (Wildman–Crippen LogP) is 5.50. The van der Waals surface area contributed by atoms with Gasteiger partial charge in [-0.1, -0.05) is 39.3 Å². The lowest BCUT2D eigenvalue weighted by molar-refractivity contribution is -0.126. The lowest BCUT2D eigenvalue weighted by atomic mass is 9.57. The van der Waals surface area contributed by atoms with Crippen LogP contribution >= 0.6 is 0 Å². The summed E-state index contributed by atoms with van der Waals surface area (Å²) in [6.45, 7) is 15.3. The van der Waals surface area contributed by atoms with Crippen LogP contribution in [-0.4, -0.2) is 53.4 Å². The van der Waals surface area contributed by atoms with Crippen LogP contribution in [0.2, 0.25) is 18.1 Å². The van der Waals surface area contributed by atoms with E-state index >= 15 is 0 Å². The standard InChI is InChI=1S/C25H44O5Si/c1-18-15-25-16-21(26)11-9-19(23(25)30-31(6,7)24(2,3)4)8-10-20(25)14-22(18)29-17-28-13-12-27-5/h14,18-19,22-23H,8-13,15-17H2,1-7H3/t18-,19+,22-,23+,25-/m1/s1. The Labute approximate surface area is 190 Å². The summed E-state index contributed by atoms with van der Waals surface area (Å²) >= 11 is 0. The predicted molar refractivity (Wildman–Crippen MR) is 126 cm³/mol. The quantitative estimate of drug-likeness (QED) is 0.211. The Kier molecular flexibility index (Phi) is 7.90. The fraction of sp³-hybridized carbons (Fsp3) is 0.880. The summed E-state index contributed by atoms with van der Waals surface area (Å²) in [6, 6.07) is 0. The van der Waals surface area contributed by atoms with Gasteiger partial charge in [0.2, 0.25) is 0 Å². The number of hydrogen-bond donors (Lipinski definition) is 0. The molecule has 1 spiro atoms. The molecule has 3 aliphatic carbocycles. The number of carbonyl (C=O) groups is 1. The Morgan fingerprint density at radius 2 is 1.87 bits per heavy atom. The fourth-order valence-electron chi connectivity index (χ4n) is 5.54. The third kappa shape index (κ3) is 5.35. The van der Waals surface area contributed by atoms with Crippen LogP contribution in [0.5, 0.6) is 0 Å². The first kappa shape index (κ1) is 25.1. The van der Waals surface area contributed by atoms with Gasteiger partial charge in [-0.2, -0.15) is 0 Å². The van der Waals surface area contributed by atoms with Crippen LogP contribution in [0, 0.1) is 17.3 Å². The molecule has 0 aromatic heterocycles. The molecule has 31 heavy (non-hydrogen) atoms. The summed E-state index contributed by atoms with van der Waals surface area (Å²) in [5, 5.41) is 0.156. The summed E-state index contributed by atoms with van der Waals surface area (Å²) in [7, 11) is -0.288. The summed E-state index contributed by atoms with van der Waals surface area (Å²) in [6.07, 6.45) is 7.97. The molecule has 0 aromatic carbocycles. The minimum Gasteiger partial charge on any atom is -0.413 e. The SMILES string of the molecule is COCCOCO[C@@H]1C=C2CC[C@H]3CCC(=O)C[C@@]2(C[C@H]1C)[C@H]3O[Si](C)(C)C(C)(C)C. The average molecular weight is 453 g/mol. The molecular formula is C25H44O5Si. The molecular weight excluding hydrogens is 408 g/mol. The first-order valence-electron chi connectivity index (χ1n) is 12.1. The lowest BCUT2D eigenvalue weighted by Gasteiger charge is -2.55. The number of ketones is 1. The summed E-state index contributed by atoms with van der Waals surface area (Å²) in [4.78, 5) is 12.9. The molecule has 5 nitrogen and oxygen atoms in total. The normalized spacial score (nSPS) is 34.2. The molecule has 0 N–H and O–H groups in total. The van der Waals surface area contributed by atoms with Crippen LogP contribution in [0.1, 0.15) is 66.2 Å². The first-order chi connectivity index (χ1) is 14.5. The summed E-state index contributed by atoms with van der Waals surface area (Å²) < 4.78 is 23.9. The van der Waals surface area contributed by atoms with Gasteiger partial charge in [0.15, 0.2) is 8.32 Å². The third-order valence-corrected chi connectivity index (χ3v) is 12.8. The van der Waals surface area contributed by atoms with Crippen molar-refractivity contribution >= 4 is 14.1 Å².